The number of benzene rings is 1. The van der Waals surface area contributed by atoms with Crippen LogP contribution in [0.25, 0.3) is 0 Å². The van der Waals surface area contributed by atoms with Crippen molar-refractivity contribution in [3.63, 3.8) is 0 Å². The first-order valence-electron chi connectivity index (χ1n) is 6.56. The lowest BCUT2D eigenvalue weighted by Gasteiger charge is -2.22. The van der Waals surface area contributed by atoms with Crippen LogP contribution in [0.15, 0.2) is 29.2 Å². The van der Waals surface area contributed by atoms with Gasteiger partial charge in [0.25, 0.3) is 0 Å². The molecule has 1 rings (SSSR count). The zero-order chi connectivity index (χ0) is 16.0. The van der Waals surface area contributed by atoms with Crippen LogP contribution in [0.4, 0.5) is 4.79 Å². The minimum atomic E-state index is -1.09. The minimum Gasteiger partial charge on any atom is -0.480 e. The summed E-state index contributed by atoms with van der Waals surface area (Å²) in [5.74, 6) is -1.09. The lowest BCUT2D eigenvalue weighted by atomic mass is 10.1. The molecule has 5 nitrogen and oxygen atoms in total. The predicted molar refractivity (Wildman–Crippen MR) is 82.7 cm³/mol. The summed E-state index contributed by atoms with van der Waals surface area (Å²) in [5, 5.41) is 11.6. The van der Waals surface area contributed by atoms with Gasteiger partial charge >= 0.3 is 12.1 Å². The van der Waals surface area contributed by atoms with Gasteiger partial charge in [0.15, 0.2) is 0 Å². The van der Waals surface area contributed by atoms with Gasteiger partial charge in [0.1, 0.15) is 11.6 Å². The van der Waals surface area contributed by atoms with Crippen molar-refractivity contribution in [3.8, 4) is 0 Å². The lowest BCUT2D eigenvalue weighted by molar-refractivity contribution is -0.139. The van der Waals surface area contributed by atoms with E-state index in [0.29, 0.717) is 0 Å². The molecular weight excluding hydrogens is 290 g/mol. The van der Waals surface area contributed by atoms with Gasteiger partial charge in [0.2, 0.25) is 0 Å². The van der Waals surface area contributed by atoms with Gasteiger partial charge in [-0.1, -0.05) is 12.1 Å². The van der Waals surface area contributed by atoms with Gasteiger partial charge in [-0.3, -0.25) is 0 Å². The number of carboxylic acid groups (broad SMARTS) is 1. The van der Waals surface area contributed by atoms with Gasteiger partial charge in [-0.25, -0.2) is 9.59 Å². The second kappa shape index (κ2) is 7.36. The molecule has 0 bridgehead atoms. The number of amides is 1. The summed E-state index contributed by atoms with van der Waals surface area (Å²) in [4.78, 5) is 24.0. The molecule has 1 aromatic rings. The van der Waals surface area contributed by atoms with Crippen LogP contribution >= 0.6 is 11.8 Å². The number of ether oxygens (including phenoxy) is 1. The number of carbonyl (C=O) groups excluding carboxylic acids is 1. The number of alkyl carbamates (subject to hydrolysis) is 1. The highest BCUT2D eigenvalue weighted by molar-refractivity contribution is 7.98. The molecule has 1 aromatic carbocycles. The third-order valence-corrected chi connectivity index (χ3v) is 3.33. The molecule has 6 heteroatoms. The fourth-order valence-electron chi connectivity index (χ4n) is 1.65. The number of hydrogen-bond acceptors (Lipinski definition) is 4. The number of thioether (sulfide) groups is 1. The largest absolute Gasteiger partial charge is 0.480 e. The van der Waals surface area contributed by atoms with Crippen LogP contribution in [-0.2, 0) is 16.0 Å². The monoisotopic (exact) mass is 311 g/mol. The SMILES string of the molecule is CSc1ccc(C[C@H](NC(=O)OC(C)(C)C)C(=O)O)cc1. The zero-order valence-electron chi connectivity index (χ0n) is 12.7. The second-order valence-corrected chi connectivity index (χ2v) is 6.47. The number of rotatable bonds is 5. The van der Waals surface area contributed by atoms with Gasteiger partial charge in [-0.05, 0) is 44.7 Å². The Morgan fingerprint density at radius 2 is 1.86 bits per heavy atom. The highest BCUT2D eigenvalue weighted by Crippen LogP contribution is 2.16. The molecule has 0 heterocycles. The van der Waals surface area contributed by atoms with E-state index in [2.05, 4.69) is 5.32 Å². The Hall–Kier alpha value is -1.69. The Morgan fingerprint density at radius 3 is 2.29 bits per heavy atom. The van der Waals surface area contributed by atoms with Crippen LogP contribution in [0.3, 0.4) is 0 Å². The van der Waals surface area contributed by atoms with Crippen LogP contribution in [0.5, 0.6) is 0 Å². The fraction of sp³-hybridized carbons (Fsp3) is 0.467. The molecule has 0 aliphatic rings. The summed E-state index contributed by atoms with van der Waals surface area (Å²) >= 11 is 1.61. The first-order chi connectivity index (χ1) is 9.71. The molecule has 0 saturated carbocycles. The van der Waals surface area contributed by atoms with E-state index in [9.17, 15) is 14.7 Å². The summed E-state index contributed by atoms with van der Waals surface area (Å²) in [6, 6.07) is 6.55. The van der Waals surface area contributed by atoms with E-state index >= 15 is 0 Å². The Kier molecular flexibility index (Phi) is 6.08. The molecule has 0 aliphatic heterocycles. The van der Waals surface area contributed by atoms with Crippen LogP contribution in [0, 0.1) is 0 Å². The van der Waals surface area contributed by atoms with Crippen molar-refractivity contribution in [1.82, 2.24) is 5.32 Å². The summed E-state index contributed by atoms with van der Waals surface area (Å²) in [6.45, 7) is 5.18. The van der Waals surface area contributed by atoms with Gasteiger partial charge < -0.3 is 15.2 Å². The van der Waals surface area contributed by atoms with Crippen molar-refractivity contribution < 1.29 is 19.4 Å². The summed E-state index contributed by atoms with van der Waals surface area (Å²) in [7, 11) is 0. The standard InChI is InChI=1S/C15H21NO4S/c1-15(2,3)20-14(19)16-12(13(17)18)9-10-5-7-11(21-4)8-6-10/h5-8,12H,9H2,1-4H3,(H,16,19)(H,17,18)/t12-/m0/s1. The van der Waals surface area contributed by atoms with E-state index in [1.54, 1.807) is 32.5 Å². The van der Waals surface area contributed by atoms with E-state index < -0.39 is 23.7 Å². The summed E-state index contributed by atoms with van der Waals surface area (Å²) in [5.41, 5.74) is 0.184. The van der Waals surface area contributed by atoms with Crippen molar-refractivity contribution in [2.75, 3.05) is 6.26 Å². The van der Waals surface area contributed by atoms with Crippen LogP contribution < -0.4 is 5.32 Å². The number of hydrogen-bond donors (Lipinski definition) is 2. The third kappa shape index (κ3) is 6.53. The topological polar surface area (TPSA) is 75.6 Å². The first-order valence-corrected chi connectivity index (χ1v) is 7.79. The number of carboxylic acids is 1. The van der Waals surface area contributed by atoms with Crippen molar-refractivity contribution in [2.24, 2.45) is 0 Å². The average molecular weight is 311 g/mol. The molecular formula is C15H21NO4S. The first kappa shape index (κ1) is 17.4. The molecule has 1 atom stereocenters. The maximum absolute atomic E-state index is 11.7. The second-order valence-electron chi connectivity index (χ2n) is 5.59. The summed E-state index contributed by atoms with van der Waals surface area (Å²) < 4.78 is 5.08. The number of nitrogens with one attached hydrogen (secondary N) is 1. The van der Waals surface area contributed by atoms with E-state index in [0.717, 1.165) is 10.5 Å². The highest BCUT2D eigenvalue weighted by Gasteiger charge is 2.24. The molecule has 0 aliphatic carbocycles. The van der Waals surface area contributed by atoms with E-state index in [4.69, 9.17) is 4.74 Å². The molecule has 0 unspecified atom stereocenters. The fourth-order valence-corrected chi connectivity index (χ4v) is 2.06. The van der Waals surface area contributed by atoms with Crippen molar-refractivity contribution >= 4 is 23.8 Å². The van der Waals surface area contributed by atoms with E-state index in [1.807, 2.05) is 30.5 Å². The average Bonchev–Trinajstić information content (AvgIpc) is 2.36. The van der Waals surface area contributed by atoms with Gasteiger partial charge in [-0.15, -0.1) is 11.8 Å². The molecule has 2 N–H and O–H groups in total. The van der Waals surface area contributed by atoms with Crippen molar-refractivity contribution in [1.29, 1.82) is 0 Å². The van der Waals surface area contributed by atoms with Crippen LogP contribution in [0.2, 0.25) is 0 Å². The molecule has 0 saturated heterocycles. The van der Waals surface area contributed by atoms with Crippen LogP contribution in [0.1, 0.15) is 26.3 Å². The Morgan fingerprint density at radius 1 is 1.29 bits per heavy atom. The Balaban J connectivity index is 2.69. The Bertz CT molecular complexity index is 493. The van der Waals surface area contributed by atoms with Crippen molar-refractivity contribution in [3.05, 3.63) is 29.8 Å². The van der Waals surface area contributed by atoms with Crippen LogP contribution in [-0.4, -0.2) is 35.1 Å². The Labute approximate surface area is 129 Å². The molecule has 21 heavy (non-hydrogen) atoms. The molecule has 0 aromatic heterocycles. The molecule has 116 valence electrons. The molecule has 0 radical (unpaired) electrons. The quantitative estimate of drug-likeness (QED) is 0.818. The number of carbonyl (C=O) groups is 2. The minimum absolute atomic E-state index is 0.212. The smallest absolute Gasteiger partial charge is 0.408 e. The van der Waals surface area contributed by atoms with Gasteiger partial charge in [0, 0.05) is 11.3 Å². The van der Waals surface area contributed by atoms with E-state index in [-0.39, 0.29) is 6.42 Å². The number of aliphatic carboxylic acids is 1. The van der Waals surface area contributed by atoms with Gasteiger partial charge in [0.05, 0.1) is 0 Å². The maximum Gasteiger partial charge on any atom is 0.408 e. The third-order valence-electron chi connectivity index (χ3n) is 2.59. The normalized spacial score (nSPS) is 12.6. The maximum atomic E-state index is 11.7. The molecule has 0 spiro atoms. The highest BCUT2D eigenvalue weighted by atomic mass is 32.2. The predicted octanol–water partition coefficient (Wildman–Crippen LogP) is 2.93. The lowest BCUT2D eigenvalue weighted by Crippen LogP contribution is -2.44. The molecule has 0 fully saturated rings. The summed E-state index contributed by atoms with van der Waals surface area (Å²) in [6.07, 6.45) is 1.46. The van der Waals surface area contributed by atoms with E-state index in [1.165, 1.54) is 0 Å². The zero-order valence-corrected chi connectivity index (χ0v) is 13.5. The van der Waals surface area contributed by atoms with Crippen molar-refractivity contribution in [2.45, 2.75) is 43.7 Å². The van der Waals surface area contributed by atoms with Gasteiger partial charge in [-0.2, -0.15) is 0 Å². The molecule has 1 amide bonds.